The molecule has 1 aromatic rings. The molecule has 0 bridgehead atoms. The molecule has 6 heteroatoms. The fourth-order valence-corrected chi connectivity index (χ4v) is 3.95. The van der Waals surface area contributed by atoms with Gasteiger partial charge in [-0.25, -0.2) is 12.8 Å². The molecule has 0 atom stereocenters. The highest BCUT2D eigenvalue weighted by Gasteiger charge is 2.26. The smallest absolute Gasteiger partial charge is 0.243 e. The lowest BCUT2D eigenvalue weighted by molar-refractivity contribution is 0.231. The number of ether oxygens (including phenoxy) is 1. The number of nitrogens with zero attached hydrogens (tertiary/aromatic N) is 1. The fourth-order valence-electron chi connectivity index (χ4n) is 2.42. The van der Waals surface area contributed by atoms with E-state index in [0.29, 0.717) is 13.1 Å². The Kier molecular flexibility index (Phi) is 5.22. The molecular weight excluding hydrogens is 293 g/mol. The fraction of sp³-hybridized carbons (Fsp3) is 0.600. The average Bonchev–Trinajstić information content (AvgIpc) is 2.69. The van der Waals surface area contributed by atoms with Gasteiger partial charge in [-0.05, 0) is 44.9 Å². The number of benzene rings is 1. The first-order valence-corrected chi connectivity index (χ1v) is 8.81. The minimum absolute atomic E-state index is 0.00185. The third-order valence-corrected chi connectivity index (χ3v) is 5.36. The van der Waals surface area contributed by atoms with Gasteiger partial charge >= 0.3 is 0 Å². The third-order valence-electron chi connectivity index (χ3n) is 3.47. The van der Waals surface area contributed by atoms with E-state index in [1.807, 2.05) is 0 Å². The summed E-state index contributed by atoms with van der Waals surface area (Å²) in [6.45, 7) is 4.60. The molecule has 0 aromatic heterocycles. The Balaban J connectivity index is 2.25. The molecule has 1 aliphatic heterocycles. The molecular formula is C15H22FNO3S. The van der Waals surface area contributed by atoms with Crippen molar-refractivity contribution in [1.29, 1.82) is 0 Å². The summed E-state index contributed by atoms with van der Waals surface area (Å²) in [5.41, 5.74) is 0. The van der Waals surface area contributed by atoms with Gasteiger partial charge in [0.25, 0.3) is 0 Å². The molecule has 1 saturated heterocycles. The molecule has 0 amide bonds. The van der Waals surface area contributed by atoms with Crippen LogP contribution in [0.15, 0.2) is 23.1 Å². The van der Waals surface area contributed by atoms with E-state index in [2.05, 4.69) is 0 Å². The Labute approximate surface area is 126 Å². The maximum absolute atomic E-state index is 14.0. The molecule has 1 aromatic carbocycles. The van der Waals surface area contributed by atoms with Crippen molar-refractivity contribution in [3.05, 3.63) is 24.0 Å². The van der Waals surface area contributed by atoms with Crippen LogP contribution in [0.2, 0.25) is 0 Å². The zero-order chi connectivity index (χ0) is 15.5. The molecule has 1 fully saturated rings. The van der Waals surface area contributed by atoms with Crippen LogP contribution < -0.4 is 4.74 Å². The van der Waals surface area contributed by atoms with Crippen molar-refractivity contribution in [2.24, 2.45) is 0 Å². The Bertz CT molecular complexity index is 579. The first kappa shape index (κ1) is 16.2. The first-order valence-electron chi connectivity index (χ1n) is 7.37. The second-order valence-corrected chi connectivity index (χ2v) is 7.52. The van der Waals surface area contributed by atoms with Gasteiger partial charge in [-0.3, -0.25) is 0 Å². The summed E-state index contributed by atoms with van der Waals surface area (Å²) in [6, 6.07) is 3.86. The van der Waals surface area contributed by atoms with Crippen LogP contribution in [0.4, 0.5) is 4.39 Å². The zero-order valence-electron chi connectivity index (χ0n) is 12.5. The van der Waals surface area contributed by atoms with Crippen molar-refractivity contribution in [1.82, 2.24) is 4.31 Å². The van der Waals surface area contributed by atoms with E-state index in [1.165, 1.54) is 16.4 Å². The Hall–Kier alpha value is -1.14. The van der Waals surface area contributed by atoms with Gasteiger partial charge in [0.1, 0.15) is 0 Å². The van der Waals surface area contributed by atoms with Gasteiger partial charge in [0, 0.05) is 13.1 Å². The van der Waals surface area contributed by atoms with E-state index in [9.17, 15) is 12.8 Å². The van der Waals surface area contributed by atoms with Crippen molar-refractivity contribution in [2.45, 2.75) is 50.5 Å². The summed E-state index contributed by atoms with van der Waals surface area (Å²) in [4.78, 5) is -0.00185. The van der Waals surface area contributed by atoms with E-state index in [1.54, 1.807) is 13.8 Å². The molecule has 1 aliphatic rings. The predicted octanol–water partition coefficient (Wildman–Crippen LogP) is 3.18. The van der Waals surface area contributed by atoms with E-state index in [-0.39, 0.29) is 16.7 Å². The van der Waals surface area contributed by atoms with Crippen molar-refractivity contribution in [2.75, 3.05) is 13.1 Å². The second kappa shape index (κ2) is 6.75. The van der Waals surface area contributed by atoms with Crippen molar-refractivity contribution < 1.29 is 17.5 Å². The van der Waals surface area contributed by atoms with E-state index in [0.717, 1.165) is 31.7 Å². The van der Waals surface area contributed by atoms with Gasteiger partial charge in [0.05, 0.1) is 11.0 Å². The monoisotopic (exact) mass is 315 g/mol. The predicted molar refractivity (Wildman–Crippen MR) is 79.4 cm³/mol. The summed E-state index contributed by atoms with van der Waals surface area (Å²) < 4.78 is 45.8. The van der Waals surface area contributed by atoms with Crippen LogP contribution in [-0.2, 0) is 10.0 Å². The van der Waals surface area contributed by atoms with Crippen LogP contribution in [0.5, 0.6) is 5.75 Å². The molecule has 0 radical (unpaired) electrons. The van der Waals surface area contributed by atoms with Crippen LogP contribution in [0.1, 0.15) is 39.5 Å². The van der Waals surface area contributed by atoms with E-state index < -0.39 is 15.8 Å². The van der Waals surface area contributed by atoms with Crippen LogP contribution >= 0.6 is 0 Å². The molecule has 0 saturated carbocycles. The molecule has 0 aliphatic carbocycles. The zero-order valence-corrected chi connectivity index (χ0v) is 13.3. The van der Waals surface area contributed by atoms with Crippen molar-refractivity contribution >= 4 is 10.0 Å². The highest BCUT2D eigenvalue weighted by atomic mass is 32.2. The maximum atomic E-state index is 14.0. The number of hydrogen-bond donors (Lipinski definition) is 0. The highest BCUT2D eigenvalue weighted by Crippen LogP contribution is 2.25. The normalized spacial score (nSPS) is 17.7. The Morgan fingerprint density at radius 3 is 2.29 bits per heavy atom. The molecule has 1 heterocycles. The lowest BCUT2D eigenvalue weighted by atomic mass is 10.2. The van der Waals surface area contributed by atoms with Gasteiger partial charge in [-0.1, -0.05) is 12.8 Å². The topological polar surface area (TPSA) is 46.6 Å². The minimum atomic E-state index is -3.62. The molecule has 21 heavy (non-hydrogen) atoms. The summed E-state index contributed by atoms with van der Waals surface area (Å²) in [7, 11) is -3.62. The first-order chi connectivity index (χ1) is 9.91. The summed E-state index contributed by atoms with van der Waals surface area (Å²) in [6.07, 6.45) is 3.64. The molecule has 0 spiro atoms. The third kappa shape index (κ3) is 3.95. The lowest BCUT2D eigenvalue weighted by Gasteiger charge is -2.20. The lowest BCUT2D eigenvalue weighted by Crippen LogP contribution is -2.32. The standard InChI is InChI=1S/C15H22FNO3S/c1-12(2)20-15-8-7-13(11-14(15)16)21(18,19)17-9-5-3-4-6-10-17/h7-8,11-12H,3-6,9-10H2,1-2H3. The van der Waals surface area contributed by atoms with Crippen molar-refractivity contribution in [3.8, 4) is 5.75 Å². The highest BCUT2D eigenvalue weighted by molar-refractivity contribution is 7.89. The summed E-state index contributed by atoms with van der Waals surface area (Å²) in [5.74, 6) is -0.556. The molecule has 0 unspecified atom stereocenters. The van der Waals surface area contributed by atoms with Crippen LogP contribution in [0.25, 0.3) is 0 Å². The molecule has 118 valence electrons. The Morgan fingerprint density at radius 1 is 1.14 bits per heavy atom. The van der Waals surface area contributed by atoms with Crippen LogP contribution in [0.3, 0.4) is 0 Å². The molecule has 4 nitrogen and oxygen atoms in total. The van der Waals surface area contributed by atoms with E-state index in [4.69, 9.17) is 4.74 Å². The largest absolute Gasteiger partial charge is 0.488 e. The number of rotatable bonds is 4. The van der Waals surface area contributed by atoms with Gasteiger partial charge in [0.15, 0.2) is 11.6 Å². The average molecular weight is 315 g/mol. The summed E-state index contributed by atoms with van der Waals surface area (Å²) in [5, 5.41) is 0. The molecule has 0 N–H and O–H groups in total. The summed E-state index contributed by atoms with van der Waals surface area (Å²) >= 11 is 0. The number of hydrogen-bond acceptors (Lipinski definition) is 3. The van der Waals surface area contributed by atoms with Crippen molar-refractivity contribution in [3.63, 3.8) is 0 Å². The second-order valence-electron chi connectivity index (χ2n) is 5.58. The van der Waals surface area contributed by atoms with Gasteiger partial charge in [0.2, 0.25) is 10.0 Å². The van der Waals surface area contributed by atoms with Crippen LogP contribution in [0, 0.1) is 5.82 Å². The number of sulfonamides is 1. The van der Waals surface area contributed by atoms with E-state index >= 15 is 0 Å². The minimum Gasteiger partial charge on any atom is -0.488 e. The van der Waals surface area contributed by atoms with Gasteiger partial charge < -0.3 is 4.74 Å². The Morgan fingerprint density at radius 2 is 1.76 bits per heavy atom. The van der Waals surface area contributed by atoms with Crippen LogP contribution in [-0.4, -0.2) is 31.9 Å². The maximum Gasteiger partial charge on any atom is 0.243 e. The number of halogens is 1. The van der Waals surface area contributed by atoms with Gasteiger partial charge in [-0.15, -0.1) is 0 Å². The molecule has 2 rings (SSSR count). The van der Waals surface area contributed by atoms with Gasteiger partial charge in [-0.2, -0.15) is 4.31 Å². The SMILES string of the molecule is CC(C)Oc1ccc(S(=O)(=O)N2CCCCCC2)cc1F. The quantitative estimate of drug-likeness (QED) is 0.857.